The third-order valence-corrected chi connectivity index (χ3v) is 4.40. The Morgan fingerprint density at radius 1 is 1.28 bits per heavy atom. The molecule has 0 aromatic heterocycles. The van der Waals surface area contributed by atoms with Crippen molar-refractivity contribution >= 4 is 10.8 Å². The van der Waals surface area contributed by atoms with E-state index in [1.807, 2.05) is 0 Å². The molecule has 0 saturated carbocycles. The van der Waals surface area contributed by atoms with Gasteiger partial charge < -0.3 is 5.32 Å². The van der Waals surface area contributed by atoms with Gasteiger partial charge in [-0.2, -0.15) is 0 Å². The predicted molar refractivity (Wildman–Crippen MR) is 74.7 cm³/mol. The van der Waals surface area contributed by atoms with Crippen molar-refractivity contribution in [2.75, 3.05) is 12.3 Å². The second-order valence-electron chi connectivity index (χ2n) is 4.31. The summed E-state index contributed by atoms with van der Waals surface area (Å²) in [5.41, 5.74) is 0. The Labute approximate surface area is 111 Å². The lowest BCUT2D eigenvalue weighted by atomic mass is 10.1. The SMILES string of the molecule is CCNC(CC)CCCS(=O)c1ccc(F)cc1. The molecule has 0 spiro atoms. The minimum absolute atomic E-state index is 0.283. The Balaban J connectivity index is 2.35. The van der Waals surface area contributed by atoms with Crippen LogP contribution in [0, 0.1) is 5.82 Å². The highest BCUT2D eigenvalue weighted by molar-refractivity contribution is 7.85. The first-order valence-electron chi connectivity index (χ1n) is 6.54. The smallest absolute Gasteiger partial charge is 0.123 e. The molecule has 0 aliphatic heterocycles. The van der Waals surface area contributed by atoms with Crippen LogP contribution in [0.25, 0.3) is 0 Å². The topological polar surface area (TPSA) is 29.1 Å². The maximum atomic E-state index is 12.7. The minimum atomic E-state index is -1.01. The number of hydrogen-bond donors (Lipinski definition) is 1. The molecule has 0 amide bonds. The summed E-state index contributed by atoms with van der Waals surface area (Å²) in [7, 11) is -1.01. The molecule has 0 saturated heterocycles. The number of nitrogens with one attached hydrogen (secondary N) is 1. The molecule has 0 aliphatic carbocycles. The van der Waals surface area contributed by atoms with Crippen LogP contribution in [-0.2, 0) is 10.8 Å². The molecule has 0 fully saturated rings. The Morgan fingerprint density at radius 3 is 2.50 bits per heavy atom. The molecule has 2 unspecified atom stereocenters. The molecule has 1 aromatic rings. The third kappa shape index (κ3) is 5.27. The van der Waals surface area contributed by atoms with Gasteiger partial charge in [0.25, 0.3) is 0 Å². The molecule has 2 nitrogen and oxygen atoms in total. The van der Waals surface area contributed by atoms with Crippen molar-refractivity contribution in [2.45, 2.75) is 44.0 Å². The van der Waals surface area contributed by atoms with Crippen LogP contribution >= 0.6 is 0 Å². The molecule has 0 bridgehead atoms. The maximum Gasteiger partial charge on any atom is 0.123 e. The lowest BCUT2D eigenvalue weighted by Crippen LogP contribution is -2.28. The van der Waals surface area contributed by atoms with Crippen LogP contribution in [0.1, 0.15) is 33.1 Å². The second kappa shape index (κ2) is 8.38. The van der Waals surface area contributed by atoms with E-state index in [2.05, 4.69) is 19.2 Å². The first kappa shape index (κ1) is 15.3. The van der Waals surface area contributed by atoms with E-state index in [1.54, 1.807) is 12.1 Å². The first-order valence-corrected chi connectivity index (χ1v) is 7.86. The molecule has 0 radical (unpaired) electrons. The number of hydrogen-bond acceptors (Lipinski definition) is 2. The summed E-state index contributed by atoms with van der Waals surface area (Å²) >= 11 is 0. The fraction of sp³-hybridized carbons (Fsp3) is 0.571. The highest BCUT2D eigenvalue weighted by atomic mass is 32.2. The van der Waals surface area contributed by atoms with Crippen molar-refractivity contribution in [3.63, 3.8) is 0 Å². The van der Waals surface area contributed by atoms with E-state index in [4.69, 9.17) is 0 Å². The van der Waals surface area contributed by atoms with Gasteiger partial charge >= 0.3 is 0 Å². The summed E-state index contributed by atoms with van der Waals surface area (Å²) in [6.07, 6.45) is 3.06. The van der Waals surface area contributed by atoms with Crippen molar-refractivity contribution in [3.8, 4) is 0 Å². The standard InChI is InChI=1S/C14H22FNOS/c1-3-13(16-4-2)6-5-11-18(17)14-9-7-12(15)8-10-14/h7-10,13,16H,3-6,11H2,1-2H3. The van der Waals surface area contributed by atoms with Gasteiger partial charge in [0.05, 0.1) is 10.8 Å². The van der Waals surface area contributed by atoms with Crippen LogP contribution in [0.15, 0.2) is 29.2 Å². The van der Waals surface area contributed by atoms with Crippen molar-refractivity contribution in [2.24, 2.45) is 0 Å². The average molecular weight is 271 g/mol. The molecule has 4 heteroatoms. The minimum Gasteiger partial charge on any atom is -0.314 e. The van der Waals surface area contributed by atoms with E-state index >= 15 is 0 Å². The summed E-state index contributed by atoms with van der Waals surface area (Å²) in [5, 5.41) is 3.40. The lowest BCUT2D eigenvalue weighted by molar-refractivity contribution is 0.476. The molecule has 1 N–H and O–H groups in total. The van der Waals surface area contributed by atoms with Crippen molar-refractivity contribution < 1.29 is 8.60 Å². The van der Waals surface area contributed by atoms with Crippen molar-refractivity contribution in [1.82, 2.24) is 5.32 Å². The summed E-state index contributed by atoms with van der Waals surface area (Å²) in [5.74, 6) is 0.363. The van der Waals surface area contributed by atoms with Crippen LogP contribution in [0.2, 0.25) is 0 Å². The molecule has 1 rings (SSSR count). The van der Waals surface area contributed by atoms with Crippen molar-refractivity contribution in [1.29, 1.82) is 0 Å². The molecule has 1 aromatic carbocycles. The molecular weight excluding hydrogens is 249 g/mol. The highest BCUT2D eigenvalue weighted by Gasteiger charge is 2.07. The number of rotatable bonds is 8. The van der Waals surface area contributed by atoms with E-state index < -0.39 is 10.8 Å². The van der Waals surface area contributed by atoms with Gasteiger partial charge in [-0.1, -0.05) is 13.8 Å². The van der Waals surface area contributed by atoms with E-state index in [0.29, 0.717) is 16.7 Å². The van der Waals surface area contributed by atoms with Crippen LogP contribution in [0.5, 0.6) is 0 Å². The van der Waals surface area contributed by atoms with Crippen LogP contribution in [0.3, 0.4) is 0 Å². The fourth-order valence-electron chi connectivity index (χ4n) is 1.90. The molecule has 102 valence electrons. The fourth-order valence-corrected chi connectivity index (χ4v) is 3.01. The summed E-state index contributed by atoms with van der Waals surface area (Å²) in [4.78, 5) is 0.716. The first-order chi connectivity index (χ1) is 8.67. The van der Waals surface area contributed by atoms with Crippen LogP contribution < -0.4 is 5.32 Å². The molecule has 0 heterocycles. The third-order valence-electron chi connectivity index (χ3n) is 2.94. The number of halogens is 1. The predicted octanol–water partition coefficient (Wildman–Crippen LogP) is 3.10. The lowest BCUT2D eigenvalue weighted by Gasteiger charge is -2.15. The van der Waals surface area contributed by atoms with Gasteiger partial charge in [0.1, 0.15) is 5.82 Å². The molecule has 0 aliphatic rings. The zero-order valence-corrected chi connectivity index (χ0v) is 11.9. The van der Waals surface area contributed by atoms with E-state index in [1.165, 1.54) is 12.1 Å². The molecular formula is C14H22FNOS. The monoisotopic (exact) mass is 271 g/mol. The van der Waals surface area contributed by atoms with Gasteiger partial charge in [0, 0.05) is 16.7 Å². The van der Waals surface area contributed by atoms with Crippen molar-refractivity contribution in [3.05, 3.63) is 30.1 Å². The quantitative estimate of drug-likeness (QED) is 0.787. The van der Waals surface area contributed by atoms with Gasteiger partial charge in [-0.3, -0.25) is 4.21 Å². The maximum absolute atomic E-state index is 12.7. The van der Waals surface area contributed by atoms with Gasteiger partial charge in [0.2, 0.25) is 0 Å². The Bertz CT molecular complexity index is 367. The van der Waals surface area contributed by atoms with E-state index in [0.717, 1.165) is 25.8 Å². The zero-order chi connectivity index (χ0) is 13.4. The van der Waals surface area contributed by atoms with E-state index in [9.17, 15) is 8.60 Å². The van der Waals surface area contributed by atoms with Gasteiger partial charge in [-0.25, -0.2) is 4.39 Å². The Kier molecular flexibility index (Phi) is 7.13. The summed E-state index contributed by atoms with van der Waals surface area (Å²) in [6, 6.07) is 6.45. The van der Waals surface area contributed by atoms with Crippen LogP contribution in [0.4, 0.5) is 4.39 Å². The normalized spacial score (nSPS) is 14.4. The van der Waals surface area contributed by atoms with E-state index in [-0.39, 0.29) is 5.82 Å². The second-order valence-corrected chi connectivity index (χ2v) is 5.88. The molecule has 18 heavy (non-hydrogen) atoms. The number of benzene rings is 1. The molecule has 2 atom stereocenters. The van der Waals surface area contributed by atoms with Gasteiger partial charge in [0.15, 0.2) is 0 Å². The van der Waals surface area contributed by atoms with Crippen LogP contribution in [-0.4, -0.2) is 22.5 Å². The highest BCUT2D eigenvalue weighted by Crippen LogP contribution is 2.11. The summed E-state index contributed by atoms with van der Waals surface area (Å²) in [6.45, 7) is 5.23. The Hall–Kier alpha value is -0.740. The zero-order valence-electron chi connectivity index (χ0n) is 11.1. The summed E-state index contributed by atoms with van der Waals surface area (Å²) < 4.78 is 24.7. The van der Waals surface area contributed by atoms with Gasteiger partial charge in [-0.15, -0.1) is 0 Å². The average Bonchev–Trinajstić information content (AvgIpc) is 2.38. The largest absolute Gasteiger partial charge is 0.314 e. The Morgan fingerprint density at radius 2 is 1.94 bits per heavy atom. The van der Waals surface area contributed by atoms with Gasteiger partial charge in [-0.05, 0) is 50.1 Å².